The minimum atomic E-state index is -0.789. The average Bonchev–Trinajstić information content (AvgIpc) is 3.15. The SMILES string of the molecule is CCCNC(=O)[C@H]1CN(C(=O)c2cc(C(C)=O)c[nH]2)c2ccccc2O1. The molecule has 0 spiro atoms. The Kier molecular flexibility index (Phi) is 5.06. The summed E-state index contributed by atoms with van der Waals surface area (Å²) >= 11 is 0. The summed E-state index contributed by atoms with van der Waals surface area (Å²) in [5, 5.41) is 2.80. The number of aromatic amines is 1. The maximum atomic E-state index is 13.0. The highest BCUT2D eigenvalue weighted by molar-refractivity contribution is 6.08. The van der Waals surface area contributed by atoms with E-state index < -0.39 is 6.10 Å². The number of amides is 2. The van der Waals surface area contributed by atoms with Gasteiger partial charge in [0, 0.05) is 18.3 Å². The van der Waals surface area contributed by atoms with Gasteiger partial charge in [-0.1, -0.05) is 19.1 Å². The minimum absolute atomic E-state index is 0.0970. The number of aromatic nitrogens is 1. The fourth-order valence-corrected chi connectivity index (χ4v) is 2.79. The van der Waals surface area contributed by atoms with Crippen molar-refractivity contribution >= 4 is 23.3 Å². The van der Waals surface area contributed by atoms with Crippen LogP contribution in [0.1, 0.15) is 41.1 Å². The van der Waals surface area contributed by atoms with E-state index >= 15 is 0 Å². The van der Waals surface area contributed by atoms with Crippen LogP contribution in [0.15, 0.2) is 36.5 Å². The van der Waals surface area contributed by atoms with E-state index in [0.717, 1.165) is 6.42 Å². The summed E-state index contributed by atoms with van der Waals surface area (Å²) in [6, 6.07) is 8.60. The first-order valence-corrected chi connectivity index (χ1v) is 8.56. The predicted molar refractivity (Wildman–Crippen MR) is 96.6 cm³/mol. The Morgan fingerprint density at radius 1 is 1.31 bits per heavy atom. The second kappa shape index (κ2) is 7.43. The number of hydrogen-bond donors (Lipinski definition) is 2. The molecule has 1 aromatic carbocycles. The molecule has 0 saturated carbocycles. The van der Waals surface area contributed by atoms with E-state index in [1.54, 1.807) is 24.3 Å². The van der Waals surface area contributed by atoms with Crippen LogP contribution in [0.25, 0.3) is 0 Å². The molecule has 0 fully saturated rings. The maximum Gasteiger partial charge on any atom is 0.274 e. The number of ketones is 1. The molecule has 2 aromatic rings. The molecule has 2 amide bonds. The Morgan fingerprint density at radius 2 is 2.08 bits per heavy atom. The van der Waals surface area contributed by atoms with Gasteiger partial charge in [0.05, 0.1) is 12.2 Å². The van der Waals surface area contributed by atoms with E-state index in [4.69, 9.17) is 4.74 Å². The van der Waals surface area contributed by atoms with Crippen molar-refractivity contribution in [1.29, 1.82) is 0 Å². The standard InChI is InChI=1S/C19H21N3O4/c1-3-8-20-18(24)17-11-22(15-6-4-5-7-16(15)26-17)19(25)14-9-13(10-21-14)12(2)23/h4-7,9-10,17,21H,3,8,11H2,1-2H3,(H,20,24)/t17-/m1/s1. The highest BCUT2D eigenvalue weighted by Gasteiger charge is 2.34. The molecule has 0 aliphatic carbocycles. The number of H-pyrrole nitrogens is 1. The lowest BCUT2D eigenvalue weighted by Gasteiger charge is -2.34. The van der Waals surface area contributed by atoms with Gasteiger partial charge in [-0.2, -0.15) is 0 Å². The van der Waals surface area contributed by atoms with E-state index in [9.17, 15) is 14.4 Å². The fourth-order valence-electron chi connectivity index (χ4n) is 2.79. The van der Waals surface area contributed by atoms with Crippen molar-refractivity contribution in [3.8, 4) is 5.75 Å². The molecule has 1 aromatic heterocycles. The monoisotopic (exact) mass is 355 g/mol. The van der Waals surface area contributed by atoms with Gasteiger partial charge in [-0.15, -0.1) is 0 Å². The van der Waals surface area contributed by atoms with Crippen molar-refractivity contribution in [2.45, 2.75) is 26.4 Å². The number of para-hydroxylation sites is 2. The zero-order chi connectivity index (χ0) is 18.7. The normalized spacial score (nSPS) is 15.8. The van der Waals surface area contributed by atoms with Crippen LogP contribution in [0.5, 0.6) is 5.75 Å². The minimum Gasteiger partial charge on any atom is -0.477 e. The van der Waals surface area contributed by atoms with E-state index in [1.807, 2.05) is 6.92 Å². The summed E-state index contributed by atoms with van der Waals surface area (Å²) in [6.45, 7) is 4.05. The van der Waals surface area contributed by atoms with Gasteiger partial charge in [0.2, 0.25) is 0 Å². The number of hydrogen-bond acceptors (Lipinski definition) is 4. The highest BCUT2D eigenvalue weighted by atomic mass is 16.5. The van der Waals surface area contributed by atoms with Crippen molar-refractivity contribution in [3.05, 3.63) is 47.8 Å². The van der Waals surface area contributed by atoms with Crippen LogP contribution in [-0.2, 0) is 4.79 Å². The lowest BCUT2D eigenvalue weighted by Crippen LogP contribution is -2.51. The van der Waals surface area contributed by atoms with Crippen molar-refractivity contribution in [3.63, 3.8) is 0 Å². The number of nitrogens with one attached hydrogen (secondary N) is 2. The number of rotatable bonds is 5. The van der Waals surface area contributed by atoms with Crippen LogP contribution in [0.4, 0.5) is 5.69 Å². The summed E-state index contributed by atoms with van der Waals surface area (Å²) in [7, 11) is 0. The Hall–Kier alpha value is -3.09. The molecule has 2 N–H and O–H groups in total. The van der Waals surface area contributed by atoms with Crippen molar-refractivity contribution in [2.75, 3.05) is 18.0 Å². The third-order valence-corrected chi connectivity index (χ3v) is 4.18. The van der Waals surface area contributed by atoms with E-state index in [0.29, 0.717) is 29.2 Å². The highest BCUT2D eigenvalue weighted by Crippen LogP contribution is 2.34. The predicted octanol–water partition coefficient (Wildman–Crippen LogP) is 2.15. The summed E-state index contributed by atoms with van der Waals surface area (Å²) < 4.78 is 5.78. The molecule has 26 heavy (non-hydrogen) atoms. The summed E-state index contributed by atoms with van der Waals surface area (Å²) in [6.07, 6.45) is 1.53. The number of benzene rings is 1. The van der Waals surface area contributed by atoms with Crippen LogP contribution < -0.4 is 15.0 Å². The van der Waals surface area contributed by atoms with Crippen LogP contribution in [0.3, 0.4) is 0 Å². The Morgan fingerprint density at radius 3 is 2.77 bits per heavy atom. The number of carbonyl (C=O) groups is 3. The molecule has 0 radical (unpaired) electrons. The van der Waals surface area contributed by atoms with Gasteiger partial charge in [0.1, 0.15) is 11.4 Å². The number of nitrogens with zero attached hydrogens (tertiary/aromatic N) is 1. The van der Waals surface area contributed by atoms with Crippen LogP contribution >= 0.6 is 0 Å². The Balaban J connectivity index is 1.89. The first-order chi connectivity index (χ1) is 12.5. The zero-order valence-corrected chi connectivity index (χ0v) is 14.7. The number of anilines is 1. The number of ether oxygens (including phenoxy) is 1. The lowest BCUT2D eigenvalue weighted by molar-refractivity contribution is -0.127. The quantitative estimate of drug-likeness (QED) is 0.804. The van der Waals surface area contributed by atoms with Gasteiger partial charge in [0.15, 0.2) is 11.9 Å². The van der Waals surface area contributed by atoms with Crippen molar-refractivity contribution < 1.29 is 19.1 Å². The van der Waals surface area contributed by atoms with E-state index in [2.05, 4.69) is 10.3 Å². The number of fused-ring (bicyclic) bond motifs is 1. The molecule has 0 unspecified atom stereocenters. The second-order valence-electron chi connectivity index (χ2n) is 6.14. The van der Waals surface area contributed by atoms with Crippen molar-refractivity contribution in [1.82, 2.24) is 10.3 Å². The number of carbonyl (C=O) groups excluding carboxylic acids is 3. The molecule has 1 aliphatic heterocycles. The molecular weight excluding hydrogens is 334 g/mol. The molecule has 1 atom stereocenters. The van der Waals surface area contributed by atoms with Gasteiger partial charge in [-0.25, -0.2) is 0 Å². The van der Waals surface area contributed by atoms with E-state index in [1.165, 1.54) is 24.1 Å². The molecular formula is C19H21N3O4. The molecule has 1 aliphatic rings. The van der Waals surface area contributed by atoms with Crippen LogP contribution in [0, 0.1) is 0 Å². The van der Waals surface area contributed by atoms with Gasteiger partial charge in [0.25, 0.3) is 11.8 Å². The smallest absolute Gasteiger partial charge is 0.274 e. The van der Waals surface area contributed by atoms with Crippen molar-refractivity contribution in [2.24, 2.45) is 0 Å². The third kappa shape index (κ3) is 3.46. The summed E-state index contributed by atoms with van der Waals surface area (Å²) in [5.74, 6) is -0.224. The van der Waals surface area contributed by atoms with Crippen LogP contribution in [-0.4, -0.2) is 41.8 Å². The molecule has 7 heteroatoms. The Labute approximate surface area is 151 Å². The lowest BCUT2D eigenvalue weighted by atomic mass is 10.1. The molecule has 2 heterocycles. The third-order valence-electron chi connectivity index (χ3n) is 4.18. The van der Waals surface area contributed by atoms with Gasteiger partial charge >= 0.3 is 0 Å². The first-order valence-electron chi connectivity index (χ1n) is 8.56. The van der Waals surface area contributed by atoms with Gasteiger partial charge in [-0.05, 0) is 31.5 Å². The van der Waals surface area contributed by atoms with Gasteiger partial charge < -0.3 is 15.0 Å². The molecule has 0 bridgehead atoms. The topological polar surface area (TPSA) is 91.5 Å². The zero-order valence-electron chi connectivity index (χ0n) is 14.7. The van der Waals surface area contributed by atoms with Gasteiger partial charge in [-0.3, -0.25) is 19.3 Å². The maximum absolute atomic E-state index is 13.0. The Bertz CT molecular complexity index is 843. The second-order valence-corrected chi connectivity index (χ2v) is 6.14. The first kappa shape index (κ1) is 17.7. The molecule has 0 saturated heterocycles. The average molecular weight is 355 g/mol. The summed E-state index contributed by atoms with van der Waals surface area (Å²) in [5.41, 5.74) is 1.32. The number of Topliss-reactive ketones (excluding diaryl/α,β-unsaturated/α-hetero) is 1. The summed E-state index contributed by atoms with van der Waals surface area (Å²) in [4.78, 5) is 41.1. The largest absolute Gasteiger partial charge is 0.477 e. The molecule has 7 nitrogen and oxygen atoms in total. The fraction of sp³-hybridized carbons (Fsp3) is 0.316. The van der Waals surface area contributed by atoms with Crippen LogP contribution in [0.2, 0.25) is 0 Å². The molecule has 136 valence electrons. The molecule has 3 rings (SSSR count). The van der Waals surface area contributed by atoms with E-state index in [-0.39, 0.29) is 24.1 Å².